The third kappa shape index (κ3) is 6.16. The highest BCUT2D eigenvalue weighted by atomic mass is 35.5. The summed E-state index contributed by atoms with van der Waals surface area (Å²) in [5.74, 6) is 1.59. The lowest BCUT2D eigenvalue weighted by atomic mass is 10.2. The van der Waals surface area contributed by atoms with Gasteiger partial charge in [-0.2, -0.15) is 11.8 Å². The molecule has 1 unspecified atom stereocenters. The predicted octanol–water partition coefficient (Wildman–Crippen LogP) is 3.50. The van der Waals surface area contributed by atoms with Gasteiger partial charge in [0, 0.05) is 10.8 Å². The first-order valence-electron chi connectivity index (χ1n) is 6.90. The number of ether oxygens (including phenoxy) is 1. The van der Waals surface area contributed by atoms with Crippen LogP contribution in [0.25, 0.3) is 0 Å². The van der Waals surface area contributed by atoms with Crippen LogP contribution in [0.15, 0.2) is 24.3 Å². The second-order valence-corrected chi connectivity index (χ2v) is 5.81. The molecule has 0 fully saturated rings. The molecule has 0 bridgehead atoms. The van der Waals surface area contributed by atoms with Crippen LogP contribution in [0.1, 0.15) is 25.8 Å². The smallest absolute Gasteiger partial charge is 0.323 e. The Morgan fingerprint density at radius 2 is 2.15 bits per heavy atom. The Morgan fingerprint density at radius 3 is 2.80 bits per heavy atom. The molecule has 0 aliphatic rings. The Balaban J connectivity index is 2.33. The highest BCUT2D eigenvalue weighted by Gasteiger charge is 2.17. The molecule has 0 saturated heterocycles. The maximum Gasteiger partial charge on any atom is 0.323 e. The number of nitrogens with one attached hydrogen (secondary N) is 1. The highest BCUT2D eigenvalue weighted by Crippen LogP contribution is 2.21. The first kappa shape index (κ1) is 17.3. The van der Waals surface area contributed by atoms with Crippen molar-refractivity contribution < 1.29 is 9.53 Å². The van der Waals surface area contributed by atoms with E-state index < -0.39 is 0 Å². The molecule has 0 radical (unpaired) electrons. The van der Waals surface area contributed by atoms with Crippen molar-refractivity contribution in [2.24, 2.45) is 0 Å². The van der Waals surface area contributed by atoms with Gasteiger partial charge in [-0.1, -0.05) is 36.7 Å². The van der Waals surface area contributed by atoms with E-state index in [4.69, 9.17) is 16.3 Å². The van der Waals surface area contributed by atoms with Crippen LogP contribution in [0, 0.1) is 0 Å². The molecule has 0 saturated carbocycles. The van der Waals surface area contributed by atoms with Gasteiger partial charge in [-0.05, 0) is 37.3 Å². The molecule has 1 aromatic carbocycles. The minimum Gasteiger partial charge on any atom is -0.465 e. The molecular weight excluding hydrogens is 294 g/mol. The second kappa shape index (κ2) is 10.1. The third-order valence-corrected chi connectivity index (χ3v) is 4.20. The first-order chi connectivity index (χ1) is 9.69. The normalized spacial score (nSPS) is 12.2. The summed E-state index contributed by atoms with van der Waals surface area (Å²) in [5.41, 5.74) is 1.13. The Labute approximate surface area is 130 Å². The van der Waals surface area contributed by atoms with E-state index in [1.165, 1.54) is 0 Å². The molecule has 1 aromatic rings. The Kier molecular flexibility index (Phi) is 8.74. The summed E-state index contributed by atoms with van der Waals surface area (Å²) in [7, 11) is 0. The lowest BCUT2D eigenvalue weighted by molar-refractivity contribution is -0.145. The van der Waals surface area contributed by atoms with E-state index in [1.807, 2.05) is 38.1 Å². The van der Waals surface area contributed by atoms with Gasteiger partial charge in [0.25, 0.3) is 0 Å². The van der Waals surface area contributed by atoms with E-state index in [9.17, 15) is 4.79 Å². The SMILES string of the molecule is CCNC(CCSCc1ccccc1Cl)C(=O)OCC. The van der Waals surface area contributed by atoms with E-state index in [-0.39, 0.29) is 12.0 Å². The number of carbonyl (C=O) groups is 1. The zero-order chi connectivity index (χ0) is 14.8. The fourth-order valence-corrected chi connectivity index (χ4v) is 3.09. The first-order valence-corrected chi connectivity index (χ1v) is 8.43. The maximum absolute atomic E-state index is 11.7. The summed E-state index contributed by atoms with van der Waals surface area (Å²) in [6.07, 6.45) is 0.766. The topological polar surface area (TPSA) is 38.3 Å². The molecule has 5 heteroatoms. The van der Waals surface area contributed by atoms with Crippen molar-refractivity contribution in [3.63, 3.8) is 0 Å². The summed E-state index contributed by atoms with van der Waals surface area (Å²) < 4.78 is 5.06. The van der Waals surface area contributed by atoms with Crippen molar-refractivity contribution in [3.05, 3.63) is 34.9 Å². The minimum absolute atomic E-state index is 0.160. The van der Waals surface area contributed by atoms with Gasteiger partial charge < -0.3 is 10.1 Å². The molecule has 3 nitrogen and oxygen atoms in total. The lowest BCUT2D eigenvalue weighted by Crippen LogP contribution is -2.38. The number of hydrogen-bond acceptors (Lipinski definition) is 4. The Hall–Kier alpha value is -0.710. The maximum atomic E-state index is 11.7. The fraction of sp³-hybridized carbons (Fsp3) is 0.533. The number of hydrogen-bond donors (Lipinski definition) is 1. The van der Waals surface area contributed by atoms with E-state index >= 15 is 0 Å². The minimum atomic E-state index is -0.210. The van der Waals surface area contributed by atoms with Crippen LogP contribution in [0.3, 0.4) is 0 Å². The van der Waals surface area contributed by atoms with Gasteiger partial charge in [-0.25, -0.2) is 0 Å². The number of thioether (sulfide) groups is 1. The number of benzene rings is 1. The van der Waals surface area contributed by atoms with Gasteiger partial charge in [0.2, 0.25) is 0 Å². The monoisotopic (exact) mass is 315 g/mol. The molecule has 0 heterocycles. The number of likely N-dealkylation sites (N-methyl/N-ethyl adjacent to an activating group) is 1. The molecule has 0 aliphatic carbocycles. The standard InChI is InChI=1S/C15H22ClNO2S/c1-3-17-14(15(18)19-4-2)9-10-20-11-12-7-5-6-8-13(12)16/h5-8,14,17H,3-4,9-11H2,1-2H3. The highest BCUT2D eigenvalue weighted by molar-refractivity contribution is 7.98. The largest absolute Gasteiger partial charge is 0.465 e. The molecule has 112 valence electrons. The van der Waals surface area contributed by atoms with Crippen LogP contribution in [0.2, 0.25) is 5.02 Å². The Bertz CT molecular complexity index is 415. The number of halogens is 1. The van der Waals surface area contributed by atoms with E-state index in [0.29, 0.717) is 6.61 Å². The van der Waals surface area contributed by atoms with Crippen LogP contribution in [-0.4, -0.2) is 30.9 Å². The van der Waals surface area contributed by atoms with Gasteiger partial charge in [0.15, 0.2) is 0 Å². The van der Waals surface area contributed by atoms with E-state index in [1.54, 1.807) is 11.8 Å². The number of rotatable bonds is 9. The predicted molar refractivity (Wildman–Crippen MR) is 86.3 cm³/mol. The molecule has 0 spiro atoms. The van der Waals surface area contributed by atoms with Crippen molar-refractivity contribution >= 4 is 29.3 Å². The zero-order valence-corrected chi connectivity index (χ0v) is 13.6. The summed E-state index contributed by atoms with van der Waals surface area (Å²) >= 11 is 7.89. The molecule has 0 amide bonds. The molecule has 0 aromatic heterocycles. The average molecular weight is 316 g/mol. The quantitative estimate of drug-likeness (QED) is 0.559. The summed E-state index contributed by atoms with van der Waals surface area (Å²) in [4.78, 5) is 11.7. The summed E-state index contributed by atoms with van der Waals surface area (Å²) in [6.45, 7) is 5.00. The van der Waals surface area contributed by atoms with E-state index in [0.717, 1.165) is 35.1 Å². The van der Waals surface area contributed by atoms with Gasteiger partial charge in [0.1, 0.15) is 6.04 Å². The van der Waals surface area contributed by atoms with Crippen LogP contribution in [-0.2, 0) is 15.3 Å². The molecule has 1 atom stereocenters. The van der Waals surface area contributed by atoms with Gasteiger partial charge >= 0.3 is 5.97 Å². The summed E-state index contributed by atoms with van der Waals surface area (Å²) in [6, 6.07) is 7.64. The second-order valence-electron chi connectivity index (χ2n) is 4.29. The molecule has 1 rings (SSSR count). The summed E-state index contributed by atoms with van der Waals surface area (Å²) in [5, 5.41) is 3.96. The van der Waals surface area contributed by atoms with Gasteiger partial charge in [0.05, 0.1) is 6.61 Å². The molecule has 1 N–H and O–H groups in total. The van der Waals surface area contributed by atoms with Crippen molar-refractivity contribution in [1.29, 1.82) is 0 Å². The van der Waals surface area contributed by atoms with Gasteiger partial charge in [-0.3, -0.25) is 4.79 Å². The van der Waals surface area contributed by atoms with Crippen LogP contribution in [0.4, 0.5) is 0 Å². The van der Waals surface area contributed by atoms with E-state index in [2.05, 4.69) is 5.32 Å². The lowest BCUT2D eigenvalue weighted by Gasteiger charge is -2.16. The van der Waals surface area contributed by atoms with Crippen LogP contribution < -0.4 is 5.32 Å². The molecule has 0 aliphatic heterocycles. The van der Waals surface area contributed by atoms with Crippen LogP contribution in [0.5, 0.6) is 0 Å². The third-order valence-electron chi connectivity index (χ3n) is 2.79. The number of carbonyl (C=O) groups excluding carboxylic acids is 1. The fourth-order valence-electron chi connectivity index (χ4n) is 1.79. The zero-order valence-electron chi connectivity index (χ0n) is 12.0. The Morgan fingerprint density at radius 1 is 1.40 bits per heavy atom. The van der Waals surface area contributed by atoms with Crippen molar-refractivity contribution in [3.8, 4) is 0 Å². The van der Waals surface area contributed by atoms with Crippen LogP contribution >= 0.6 is 23.4 Å². The molecular formula is C15H22ClNO2S. The van der Waals surface area contributed by atoms with Gasteiger partial charge in [-0.15, -0.1) is 0 Å². The average Bonchev–Trinajstić information content (AvgIpc) is 2.44. The molecule has 20 heavy (non-hydrogen) atoms. The van der Waals surface area contributed by atoms with Crippen molar-refractivity contribution in [2.75, 3.05) is 18.9 Å². The van der Waals surface area contributed by atoms with Crippen molar-refractivity contribution in [2.45, 2.75) is 32.1 Å². The number of esters is 1. The van der Waals surface area contributed by atoms with Crippen molar-refractivity contribution in [1.82, 2.24) is 5.32 Å².